The Labute approximate surface area is 238 Å². The van der Waals surface area contributed by atoms with Crippen LogP contribution in [0.4, 0.5) is 24.7 Å². The molecule has 2 N–H and O–H groups in total. The fourth-order valence-electron chi connectivity index (χ4n) is 4.50. The van der Waals surface area contributed by atoms with Crippen molar-refractivity contribution in [3.8, 4) is 11.3 Å². The molecule has 1 aliphatic rings. The Balaban J connectivity index is 1.49. The minimum absolute atomic E-state index is 0.0450. The number of aromatic nitrogens is 4. The number of hydrogen-bond donors (Lipinski definition) is 2. The van der Waals surface area contributed by atoms with Gasteiger partial charge in [-0.2, -0.15) is 18.3 Å². The molecule has 0 spiro atoms. The Morgan fingerprint density at radius 3 is 2.63 bits per heavy atom. The molecular weight excluding hydrogens is 553 g/mol. The van der Waals surface area contributed by atoms with Crippen LogP contribution in [0.15, 0.2) is 42.9 Å². The highest BCUT2D eigenvalue weighted by atomic mass is 28.3. The van der Waals surface area contributed by atoms with Crippen LogP contribution in [0.25, 0.3) is 11.3 Å². The Morgan fingerprint density at radius 1 is 1.22 bits per heavy atom. The van der Waals surface area contributed by atoms with E-state index in [9.17, 15) is 23.1 Å². The van der Waals surface area contributed by atoms with Crippen LogP contribution in [0.1, 0.15) is 36.3 Å². The molecule has 1 amide bonds. The molecule has 9 nitrogen and oxygen atoms in total. The van der Waals surface area contributed by atoms with Gasteiger partial charge in [-0.1, -0.05) is 25.7 Å². The minimum Gasteiger partial charge on any atom is -0.390 e. The summed E-state index contributed by atoms with van der Waals surface area (Å²) in [5.41, 5.74) is -1.34. The van der Waals surface area contributed by atoms with Crippen LogP contribution in [0, 0.1) is 5.92 Å². The van der Waals surface area contributed by atoms with Crippen LogP contribution in [-0.2, 0) is 17.6 Å². The molecule has 0 aliphatic carbocycles. The third-order valence-corrected chi connectivity index (χ3v) is 8.79. The van der Waals surface area contributed by atoms with Gasteiger partial charge in [0.15, 0.2) is 0 Å². The number of anilines is 2. The molecule has 3 aromatic rings. The van der Waals surface area contributed by atoms with Gasteiger partial charge in [0.05, 0.1) is 28.7 Å². The number of carbonyl (C=O) groups excluding carboxylic acids is 1. The maximum atomic E-state index is 13.8. The molecule has 1 atom stereocenters. The topological polar surface area (TPSA) is 105 Å². The molecule has 0 saturated carbocycles. The highest BCUT2D eigenvalue weighted by Crippen LogP contribution is 2.37. The molecule has 1 aliphatic heterocycles. The van der Waals surface area contributed by atoms with Crippen molar-refractivity contribution < 1.29 is 27.8 Å². The second kappa shape index (κ2) is 11.9. The van der Waals surface area contributed by atoms with E-state index >= 15 is 0 Å². The zero-order valence-electron chi connectivity index (χ0n) is 24.0. The van der Waals surface area contributed by atoms with Crippen molar-refractivity contribution >= 4 is 25.5 Å². The summed E-state index contributed by atoms with van der Waals surface area (Å²) < 4.78 is 48.8. The van der Waals surface area contributed by atoms with Crippen molar-refractivity contribution in [2.75, 3.05) is 29.9 Å². The monoisotopic (exact) mass is 590 g/mol. The molecule has 4 heterocycles. The van der Waals surface area contributed by atoms with Gasteiger partial charge in [0.2, 0.25) is 0 Å². The number of nitrogens with one attached hydrogen (secondary N) is 1. The molecule has 0 aromatic carbocycles. The van der Waals surface area contributed by atoms with Crippen molar-refractivity contribution in [3.05, 3.63) is 54.1 Å². The number of alkyl halides is 3. The van der Waals surface area contributed by atoms with Crippen molar-refractivity contribution in [2.24, 2.45) is 5.92 Å². The first-order valence-corrected chi connectivity index (χ1v) is 17.2. The van der Waals surface area contributed by atoms with E-state index in [1.54, 1.807) is 43.1 Å². The molecule has 1 fully saturated rings. The minimum atomic E-state index is -4.73. The lowest BCUT2D eigenvalue weighted by atomic mass is 9.90. The number of carbonyl (C=O) groups is 1. The Kier molecular flexibility index (Phi) is 8.90. The summed E-state index contributed by atoms with van der Waals surface area (Å²) in [5.74, 6) is -0.550. The molecule has 0 bridgehead atoms. The maximum absolute atomic E-state index is 13.8. The van der Waals surface area contributed by atoms with Crippen molar-refractivity contribution in [1.29, 1.82) is 0 Å². The lowest BCUT2D eigenvalue weighted by Gasteiger charge is -2.26. The van der Waals surface area contributed by atoms with E-state index in [1.165, 1.54) is 12.1 Å². The van der Waals surface area contributed by atoms with Crippen LogP contribution in [0.2, 0.25) is 25.7 Å². The van der Waals surface area contributed by atoms with Gasteiger partial charge in [-0.25, -0.2) is 14.6 Å². The molecule has 41 heavy (non-hydrogen) atoms. The first-order chi connectivity index (χ1) is 19.1. The Hall–Kier alpha value is -3.29. The SMILES string of the molecule is CC(C)(O)C1CCN(c2cc(NC(=O)c3cccc(-c4cnn(COCC[Si](C)(C)C)c4)n3)c(C(F)(F)F)cn2)C1. The average Bonchev–Trinajstić information content (AvgIpc) is 3.56. The summed E-state index contributed by atoms with van der Waals surface area (Å²) >= 11 is 0. The summed E-state index contributed by atoms with van der Waals surface area (Å²) in [6, 6.07) is 7.01. The number of halogens is 3. The molecule has 1 saturated heterocycles. The van der Waals surface area contributed by atoms with Gasteiger partial charge >= 0.3 is 6.18 Å². The van der Waals surface area contributed by atoms with Gasteiger partial charge in [0.25, 0.3) is 5.91 Å². The number of ether oxygens (including phenoxy) is 1. The largest absolute Gasteiger partial charge is 0.419 e. The van der Waals surface area contributed by atoms with E-state index in [1.807, 2.05) is 4.90 Å². The zero-order chi connectivity index (χ0) is 30.0. The van der Waals surface area contributed by atoms with E-state index in [0.29, 0.717) is 43.2 Å². The normalized spacial score (nSPS) is 16.3. The Bertz CT molecular complexity index is 1370. The van der Waals surface area contributed by atoms with Crippen LogP contribution in [0.5, 0.6) is 0 Å². The maximum Gasteiger partial charge on any atom is 0.419 e. The van der Waals surface area contributed by atoms with Gasteiger partial charge in [-0.15, -0.1) is 0 Å². The quantitative estimate of drug-likeness (QED) is 0.237. The van der Waals surface area contributed by atoms with Crippen molar-refractivity contribution in [1.82, 2.24) is 19.7 Å². The van der Waals surface area contributed by atoms with Gasteiger partial charge in [0, 0.05) is 57.7 Å². The van der Waals surface area contributed by atoms with Crippen molar-refractivity contribution in [3.63, 3.8) is 0 Å². The standard InChI is InChI=1S/C28H37F3N6O3Si/c1-27(2,39)20-9-10-36(17-20)25-13-24(21(15-32-25)28(29,30)31)35-26(38)23-8-6-7-22(34-23)19-14-33-37(16-19)18-40-11-12-41(3,4)5/h6-8,13-16,20,39H,9-12,17-18H2,1-5H3,(H,32,35,38). The van der Waals surface area contributed by atoms with Crippen molar-refractivity contribution in [2.45, 2.75) is 64.5 Å². The number of aliphatic hydroxyl groups is 1. The highest BCUT2D eigenvalue weighted by molar-refractivity contribution is 6.76. The number of rotatable bonds is 10. The van der Waals surface area contributed by atoms with Crippen LogP contribution in [-0.4, -0.2) is 64.1 Å². The third kappa shape index (κ3) is 8.14. The molecule has 222 valence electrons. The molecule has 1 unspecified atom stereocenters. The van der Waals surface area contributed by atoms with E-state index in [0.717, 1.165) is 12.2 Å². The van der Waals surface area contributed by atoms with Gasteiger partial charge in [-0.05, 0) is 38.4 Å². The lowest BCUT2D eigenvalue weighted by molar-refractivity contribution is -0.137. The number of pyridine rings is 2. The molecular formula is C28H37F3N6O3Si. The second-order valence-electron chi connectivity index (χ2n) is 12.1. The molecule has 3 aromatic heterocycles. The predicted octanol–water partition coefficient (Wildman–Crippen LogP) is 5.52. The number of nitrogens with zero attached hydrogens (tertiary/aromatic N) is 5. The summed E-state index contributed by atoms with van der Waals surface area (Å²) in [6.07, 6.45) is 0.0140. The van der Waals surface area contributed by atoms with Crippen LogP contribution >= 0.6 is 0 Å². The third-order valence-electron chi connectivity index (χ3n) is 7.09. The number of hydrogen-bond acceptors (Lipinski definition) is 7. The van der Waals surface area contributed by atoms with Gasteiger partial charge < -0.3 is 20.1 Å². The van der Waals surface area contributed by atoms with Crippen LogP contribution in [0.3, 0.4) is 0 Å². The second-order valence-corrected chi connectivity index (χ2v) is 17.8. The van der Waals surface area contributed by atoms with E-state index in [2.05, 4.69) is 40.0 Å². The molecule has 0 radical (unpaired) electrons. The zero-order valence-corrected chi connectivity index (χ0v) is 25.0. The lowest BCUT2D eigenvalue weighted by Crippen LogP contribution is -2.33. The predicted molar refractivity (Wildman–Crippen MR) is 153 cm³/mol. The fraction of sp³-hybridized carbons (Fsp3) is 0.500. The molecule has 4 rings (SSSR count). The highest BCUT2D eigenvalue weighted by Gasteiger charge is 2.37. The molecule has 13 heteroatoms. The fourth-order valence-corrected chi connectivity index (χ4v) is 5.26. The van der Waals surface area contributed by atoms with E-state index in [-0.39, 0.29) is 18.3 Å². The van der Waals surface area contributed by atoms with E-state index in [4.69, 9.17) is 4.74 Å². The first-order valence-electron chi connectivity index (χ1n) is 13.5. The van der Waals surface area contributed by atoms with Gasteiger partial charge in [-0.3, -0.25) is 4.79 Å². The summed E-state index contributed by atoms with van der Waals surface area (Å²) in [6.45, 7) is 12.1. The smallest absolute Gasteiger partial charge is 0.390 e. The summed E-state index contributed by atoms with van der Waals surface area (Å²) in [5, 5.41) is 17.0. The van der Waals surface area contributed by atoms with Gasteiger partial charge in [0.1, 0.15) is 18.2 Å². The Morgan fingerprint density at radius 2 is 1.98 bits per heavy atom. The number of amides is 1. The summed E-state index contributed by atoms with van der Waals surface area (Å²) in [7, 11) is -1.20. The van der Waals surface area contributed by atoms with Crippen LogP contribution < -0.4 is 10.2 Å². The summed E-state index contributed by atoms with van der Waals surface area (Å²) in [4.78, 5) is 23.3. The van der Waals surface area contributed by atoms with E-state index < -0.39 is 37.0 Å². The average molecular weight is 591 g/mol. The first kappa shape index (κ1) is 30.7.